The molecule has 0 amide bonds. The molecule has 0 spiro atoms. The third kappa shape index (κ3) is 4.59. The molecule has 6 heteroatoms. The van der Waals surface area contributed by atoms with Gasteiger partial charge in [-0.05, 0) is 30.2 Å². The summed E-state index contributed by atoms with van der Waals surface area (Å²) in [6.45, 7) is 1.37. The monoisotopic (exact) mass is 301 g/mol. The van der Waals surface area contributed by atoms with Gasteiger partial charge in [-0.2, -0.15) is 13.2 Å². The fraction of sp³-hybridized carbons (Fsp3) is 0.133. The Morgan fingerprint density at radius 1 is 1.10 bits per heavy atom. The van der Waals surface area contributed by atoms with Gasteiger partial charge in [0.2, 0.25) is 0 Å². The molecule has 0 aromatic heterocycles. The van der Waals surface area contributed by atoms with Gasteiger partial charge in [0.05, 0.1) is 5.69 Å². The van der Waals surface area contributed by atoms with Crippen molar-refractivity contribution < 1.29 is 47.8 Å². The molecule has 0 N–H and O–H groups in total. The van der Waals surface area contributed by atoms with E-state index >= 15 is 0 Å². The van der Waals surface area contributed by atoms with Crippen molar-refractivity contribution in [1.29, 1.82) is 0 Å². The van der Waals surface area contributed by atoms with Gasteiger partial charge in [0.1, 0.15) is 0 Å². The van der Waals surface area contributed by atoms with Gasteiger partial charge in [0.25, 0.3) is 0 Å². The zero-order chi connectivity index (χ0) is 14.8. The van der Waals surface area contributed by atoms with E-state index in [1.165, 1.54) is 6.92 Å². The van der Waals surface area contributed by atoms with Gasteiger partial charge in [0.15, 0.2) is 0 Å². The van der Waals surface area contributed by atoms with Crippen LogP contribution in [0.1, 0.15) is 6.92 Å². The number of benzene rings is 2. The van der Waals surface area contributed by atoms with Crippen LogP contribution in [0, 0.1) is 0 Å². The van der Waals surface area contributed by atoms with E-state index in [2.05, 4.69) is 4.99 Å². The molecule has 2 nitrogen and oxygen atoms in total. The quantitative estimate of drug-likeness (QED) is 0.458. The van der Waals surface area contributed by atoms with Gasteiger partial charge in [-0.15, -0.1) is 0 Å². The standard InChI is InChI=1S/C15H12F3NO.Na/c1-10(9-14(20)15(16,17)18)19-13-8-4-6-11-5-2-3-7-12(11)13;/h2-9,20H,1H3;/q;+1/p-1/b14-9-,19-10?;. The van der Waals surface area contributed by atoms with Crippen molar-refractivity contribution in [2.24, 2.45) is 4.99 Å². The molecule has 2 aromatic rings. The minimum Gasteiger partial charge on any atom is -0.869 e. The van der Waals surface area contributed by atoms with Crippen molar-refractivity contribution >= 4 is 22.2 Å². The Hall–Kier alpha value is -1.30. The molecular formula is C15H11F3NNaO. The number of aliphatic imine (C=N–C) groups is 1. The maximum absolute atomic E-state index is 12.2. The zero-order valence-electron chi connectivity index (χ0n) is 11.6. The summed E-state index contributed by atoms with van der Waals surface area (Å²) in [6, 6.07) is 12.7. The molecule has 104 valence electrons. The van der Waals surface area contributed by atoms with Crippen LogP contribution in [0.5, 0.6) is 0 Å². The third-order valence-corrected chi connectivity index (χ3v) is 2.68. The molecule has 0 aliphatic carbocycles. The fourth-order valence-electron chi connectivity index (χ4n) is 1.80. The Morgan fingerprint density at radius 3 is 2.38 bits per heavy atom. The van der Waals surface area contributed by atoms with Crippen molar-refractivity contribution in [2.45, 2.75) is 13.1 Å². The smallest absolute Gasteiger partial charge is 0.869 e. The van der Waals surface area contributed by atoms with Gasteiger partial charge in [-0.3, -0.25) is 4.99 Å². The molecule has 0 heterocycles. The van der Waals surface area contributed by atoms with Gasteiger partial charge in [0, 0.05) is 11.1 Å². The largest absolute Gasteiger partial charge is 1.00 e. The van der Waals surface area contributed by atoms with Crippen LogP contribution in [-0.2, 0) is 0 Å². The maximum Gasteiger partial charge on any atom is 1.00 e. The third-order valence-electron chi connectivity index (χ3n) is 2.68. The van der Waals surface area contributed by atoms with Crippen LogP contribution in [0.2, 0.25) is 0 Å². The predicted molar refractivity (Wildman–Crippen MR) is 70.9 cm³/mol. The van der Waals surface area contributed by atoms with Gasteiger partial charge in [-0.1, -0.05) is 36.4 Å². The summed E-state index contributed by atoms with van der Waals surface area (Å²) in [5.74, 6) is -1.90. The average Bonchev–Trinajstić information content (AvgIpc) is 2.38. The molecular weight excluding hydrogens is 290 g/mol. The van der Waals surface area contributed by atoms with Crippen LogP contribution >= 0.6 is 0 Å². The summed E-state index contributed by atoms with van der Waals surface area (Å²) < 4.78 is 36.5. The Kier molecular flexibility index (Phi) is 6.01. The van der Waals surface area contributed by atoms with Crippen LogP contribution in [0.15, 0.2) is 59.3 Å². The molecule has 21 heavy (non-hydrogen) atoms. The first-order valence-electron chi connectivity index (χ1n) is 5.87. The maximum atomic E-state index is 12.2. The summed E-state index contributed by atoms with van der Waals surface area (Å²) in [4.78, 5) is 4.08. The Labute approximate surface area is 142 Å². The second-order valence-corrected chi connectivity index (χ2v) is 4.26. The number of alkyl halides is 3. The Bertz CT molecular complexity index is 687. The van der Waals surface area contributed by atoms with Crippen molar-refractivity contribution in [1.82, 2.24) is 0 Å². The summed E-state index contributed by atoms with van der Waals surface area (Å²) >= 11 is 0. The molecule has 0 saturated carbocycles. The van der Waals surface area contributed by atoms with E-state index in [9.17, 15) is 18.3 Å². The van der Waals surface area contributed by atoms with Crippen molar-refractivity contribution in [3.05, 3.63) is 54.3 Å². The molecule has 0 unspecified atom stereocenters. The van der Waals surface area contributed by atoms with E-state index < -0.39 is 11.9 Å². The van der Waals surface area contributed by atoms with Crippen LogP contribution in [0.25, 0.3) is 10.8 Å². The Morgan fingerprint density at radius 2 is 1.71 bits per heavy atom. The number of fused-ring (bicyclic) bond motifs is 1. The predicted octanol–water partition coefficient (Wildman–Crippen LogP) is 0.743. The second kappa shape index (κ2) is 7.11. The molecule has 0 bridgehead atoms. The number of rotatable bonds is 2. The van der Waals surface area contributed by atoms with Crippen LogP contribution in [0.3, 0.4) is 0 Å². The van der Waals surface area contributed by atoms with E-state index in [0.717, 1.165) is 10.8 Å². The number of hydrogen-bond donors (Lipinski definition) is 0. The van der Waals surface area contributed by atoms with Crippen molar-refractivity contribution in [3.8, 4) is 0 Å². The first-order valence-corrected chi connectivity index (χ1v) is 5.87. The summed E-state index contributed by atoms with van der Waals surface area (Å²) in [5, 5.41) is 12.6. The first kappa shape index (κ1) is 17.8. The Balaban J connectivity index is 0.00000220. The minimum absolute atomic E-state index is 0. The second-order valence-electron chi connectivity index (χ2n) is 4.26. The van der Waals surface area contributed by atoms with E-state index in [-0.39, 0.29) is 35.3 Å². The molecule has 2 aromatic carbocycles. The number of allylic oxidation sites excluding steroid dienone is 2. The molecule has 2 rings (SSSR count). The van der Waals surface area contributed by atoms with E-state index in [0.29, 0.717) is 11.8 Å². The molecule has 0 aliphatic heterocycles. The SMILES string of the molecule is CC(/C=C(\[O-])C(F)(F)F)=Nc1cccc2ccccc12.[Na+]. The summed E-state index contributed by atoms with van der Waals surface area (Å²) in [6.07, 6.45) is -4.36. The number of nitrogens with zero attached hydrogens (tertiary/aromatic N) is 1. The van der Waals surface area contributed by atoms with Crippen molar-refractivity contribution in [2.75, 3.05) is 0 Å². The summed E-state index contributed by atoms with van der Waals surface area (Å²) in [7, 11) is 0. The minimum atomic E-state index is -4.87. The summed E-state index contributed by atoms with van der Waals surface area (Å²) in [5.41, 5.74) is 0.551. The normalized spacial score (nSPS) is 13.1. The molecule has 0 saturated heterocycles. The topological polar surface area (TPSA) is 35.4 Å². The number of halogens is 3. The van der Waals surface area contributed by atoms with E-state index in [1.54, 1.807) is 12.1 Å². The van der Waals surface area contributed by atoms with Gasteiger partial charge < -0.3 is 5.11 Å². The zero-order valence-corrected chi connectivity index (χ0v) is 13.6. The van der Waals surface area contributed by atoms with Crippen LogP contribution in [-0.4, -0.2) is 11.9 Å². The van der Waals surface area contributed by atoms with Gasteiger partial charge >= 0.3 is 35.7 Å². The van der Waals surface area contributed by atoms with Crippen LogP contribution < -0.4 is 34.7 Å². The molecule has 0 radical (unpaired) electrons. The van der Waals surface area contributed by atoms with E-state index in [1.807, 2.05) is 30.3 Å². The first-order chi connectivity index (χ1) is 9.38. The molecule has 0 aliphatic rings. The molecule has 0 atom stereocenters. The van der Waals surface area contributed by atoms with Crippen LogP contribution in [0.4, 0.5) is 18.9 Å². The van der Waals surface area contributed by atoms with E-state index in [4.69, 9.17) is 0 Å². The molecule has 0 fully saturated rings. The average molecular weight is 301 g/mol. The fourth-order valence-corrected chi connectivity index (χ4v) is 1.80. The van der Waals surface area contributed by atoms with Crippen molar-refractivity contribution in [3.63, 3.8) is 0 Å². The number of hydrogen-bond acceptors (Lipinski definition) is 2. The van der Waals surface area contributed by atoms with Gasteiger partial charge in [-0.25, -0.2) is 0 Å².